The molecular formula is C23H27ClN4O4. The Hall–Kier alpha value is -3.10. The minimum Gasteiger partial charge on any atom is -0.478 e. The van der Waals surface area contributed by atoms with Crippen LogP contribution >= 0.6 is 11.6 Å². The summed E-state index contributed by atoms with van der Waals surface area (Å²) in [5.41, 5.74) is 1.24. The Labute approximate surface area is 192 Å². The van der Waals surface area contributed by atoms with E-state index in [9.17, 15) is 19.5 Å². The molecule has 2 amide bonds. The highest BCUT2D eigenvalue weighted by Gasteiger charge is 2.22. The van der Waals surface area contributed by atoms with E-state index < -0.39 is 11.9 Å². The van der Waals surface area contributed by atoms with Gasteiger partial charge in [-0.1, -0.05) is 30.7 Å². The van der Waals surface area contributed by atoms with Crippen molar-refractivity contribution in [2.45, 2.75) is 13.3 Å². The lowest BCUT2D eigenvalue weighted by Gasteiger charge is -2.36. The number of anilines is 2. The average Bonchev–Trinajstić information content (AvgIpc) is 2.78. The molecule has 2 aromatic carbocycles. The number of halogens is 1. The van der Waals surface area contributed by atoms with Crippen molar-refractivity contribution in [2.75, 3.05) is 49.5 Å². The van der Waals surface area contributed by atoms with E-state index in [1.807, 2.05) is 6.92 Å². The molecule has 0 saturated carbocycles. The maximum Gasteiger partial charge on any atom is 0.337 e. The number of rotatable bonds is 8. The van der Waals surface area contributed by atoms with Crippen LogP contribution in [0.25, 0.3) is 0 Å². The Balaban J connectivity index is 1.66. The fraction of sp³-hybridized carbons (Fsp3) is 0.348. The van der Waals surface area contributed by atoms with Gasteiger partial charge in [0.05, 0.1) is 28.4 Å². The van der Waals surface area contributed by atoms with Crippen molar-refractivity contribution >= 4 is 40.8 Å². The lowest BCUT2D eigenvalue weighted by Crippen LogP contribution is -2.49. The number of nitrogens with one attached hydrogen (secondary N) is 2. The third-order valence-corrected chi connectivity index (χ3v) is 5.61. The minimum absolute atomic E-state index is 0.00396. The summed E-state index contributed by atoms with van der Waals surface area (Å²) in [5.74, 6) is -1.58. The van der Waals surface area contributed by atoms with Crippen LogP contribution in [0, 0.1) is 0 Å². The SMILES string of the molecule is CCCNC(=O)CN1CCN(c2ccc(NC(=O)c3ccccc3Cl)c(C(=O)O)c2)CC1. The standard InChI is InChI=1S/C23H27ClN4O4/c1-2-9-25-21(29)15-27-10-12-28(13-11-27)16-7-8-20(18(14-16)23(31)32)26-22(30)17-5-3-4-6-19(17)24/h3-8,14H,2,9-13,15H2,1H3,(H,25,29)(H,26,30)(H,31,32). The molecule has 0 radical (unpaired) electrons. The van der Waals surface area contributed by atoms with Crippen LogP contribution in [-0.4, -0.2) is 67.1 Å². The van der Waals surface area contributed by atoms with Crippen LogP contribution < -0.4 is 15.5 Å². The Morgan fingerprint density at radius 2 is 1.75 bits per heavy atom. The van der Waals surface area contributed by atoms with Crippen molar-refractivity contribution in [1.82, 2.24) is 10.2 Å². The number of amides is 2. The molecule has 8 nitrogen and oxygen atoms in total. The van der Waals surface area contributed by atoms with Crippen molar-refractivity contribution in [2.24, 2.45) is 0 Å². The Bertz CT molecular complexity index is 990. The number of aromatic carboxylic acids is 1. The van der Waals surface area contributed by atoms with Crippen molar-refractivity contribution in [3.63, 3.8) is 0 Å². The Kier molecular flexibility index (Phi) is 8.08. The van der Waals surface area contributed by atoms with Crippen LogP contribution in [-0.2, 0) is 4.79 Å². The largest absolute Gasteiger partial charge is 0.478 e. The molecule has 0 unspecified atom stereocenters. The van der Waals surface area contributed by atoms with Gasteiger partial charge in [-0.2, -0.15) is 0 Å². The number of hydrogen-bond acceptors (Lipinski definition) is 5. The summed E-state index contributed by atoms with van der Waals surface area (Å²) in [6.07, 6.45) is 0.903. The van der Waals surface area contributed by atoms with Gasteiger partial charge in [0.1, 0.15) is 0 Å². The number of carbonyl (C=O) groups is 3. The number of benzene rings is 2. The molecule has 32 heavy (non-hydrogen) atoms. The molecule has 1 fully saturated rings. The maximum absolute atomic E-state index is 12.5. The van der Waals surface area contributed by atoms with Gasteiger partial charge < -0.3 is 20.6 Å². The van der Waals surface area contributed by atoms with E-state index in [0.717, 1.165) is 12.1 Å². The summed E-state index contributed by atoms with van der Waals surface area (Å²) in [5, 5.41) is 15.5. The fourth-order valence-electron chi connectivity index (χ4n) is 3.54. The smallest absolute Gasteiger partial charge is 0.337 e. The zero-order valence-corrected chi connectivity index (χ0v) is 18.7. The minimum atomic E-state index is -1.13. The Morgan fingerprint density at radius 1 is 1.03 bits per heavy atom. The van der Waals surface area contributed by atoms with Crippen LogP contribution in [0.1, 0.15) is 34.1 Å². The molecule has 1 aliphatic rings. The number of carbonyl (C=O) groups excluding carboxylic acids is 2. The van der Waals surface area contributed by atoms with Crippen molar-refractivity contribution in [1.29, 1.82) is 0 Å². The molecule has 170 valence electrons. The summed E-state index contributed by atoms with van der Waals surface area (Å²) in [6.45, 7) is 5.80. The van der Waals surface area contributed by atoms with Crippen molar-refractivity contribution in [3.05, 3.63) is 58.6 Å². The van der Waals surface area contributed by atoms with Gasteiger partial charge in [-0.05, 0) is 36.8 Å². The van der Waals surface area contributed by atoms with E-state index in [-0.39, 0.29) is 22.7 Å². The quantitative estimate of drug-likeness (QED) is 0.562. The van der Waals surface area contributed by atoms with E-state index >= 15 is 0 Å². The summed E-state index contributed by atoms with van der Waals surface area (Å²) >= 11 is 6.07. The molecule has 0 spiro atoms. The second kappa shape index (κ2) is 11.0. The summed E-state index contributed by atoms with van der Waals surface area (Å²) < 4.78 is 0. The molecular weight excluding hydrogens is 432 g/mol. The first-order chi connectivity index (χ1) is 15.4. The molecule has 1 saturated heterocycles. The maximum atomic E-state index is 12.5. The number of hydrogen-bond donors (Lipinski definition) is 3. The fourth-order valence-corrected chi connectivity index (χ4v) is 3.76. The van der Waals surface area contributed by atoms with E-state index in [0.29, 0.717) is 44.3 Å². The molecule has 0 bridgehead atoms. The van der Waals surface area contributed by atoms with E-state index in [4.69, 9.17) is 11.6 Å². The van der Waals surface area contributed by atoms with Gasteiger partial charge in [0.25, 0.3) is 5.91 Å². The highest BCUT2D eigenvalue weighted by molar-refractivity contribution is 6.34. The first-order valence-electron chi connectivity index (χ1n) is 10.6. The van der Waals surface area contributed by atoms with E-state index in [1.165, 1.54) is 0 Å². The first-order valence-corrected chi connectivity index (χ1v) is 10.9. The van der Waals surface area contributed by atoms with Crippen LogP contribution in [0.3, 0.4) is 0 Å². The molecule has 0 atom stereocenters. The van der Waals surface area contributed by atoms with E-state index in [2.05, 4.69) is 20.4 Å². The third kappa shape index (κ3) is 5.99. The molecule has 3 rings (SSSR count). The second-order valence-corrected chi connectivity index (χ2v) is 7.99. The predicted molar refractivity (Wildman–Crippen MR) is 125 cm³/mol. The zero-order valence-electron chi connectivity index (χ0n) is 17.9. The average molecular weight is 459 g/mol. The second-order valence-electron chi connectivity index (χ2n) is 7.58. The van der Waals surface area contributed by atoms with Gasteiger partial charge >= 0.3 is 5.97 Å². The van der Waals surface area contributed by atoms with Gasteiger partial charge in [-0.25, -0.2) is 4.79 Å². The van der Waals surface area contributed by atoms with E-state index in [1.54, 1.807) is 42.5 Å². The van der Waals surface area contributed by atoms with Crippen LogP contribution in [0.15, 0.2) is 42.5 Å². The third-order valence-electron chi connectivity index (χ3n) is 5.28. The van der Waals surface area contributed by atoms with Gasteiger partial charge in [0.15, 0.2) is 0 Å². The van der Waals surface area contributed by atoms with Crippen LogP contribution in [0.2, 0.25) is 5.02 Å². The molecule has 2 aromatic rings. The summed E-state index contributed by atoms with van der Waals surface area (Å²) in [7, 11) is 0. The lowest BCUT2D eigenvalue weighted by molar-refractivity contribution is -0.122. The molecule has 0 aromatic heterocycles. The highest BCUT2D eigenvalue weighted by Crippen LogP contribution is 2.26. The molecule has 1 heterocycles. The van der Waals surface area contributed by atoms with Crippen molar-refractivity contribution in [3.8, 4) is 0 Å². The number of nitrogens with zero attached hydrogens (tertiary/aromatic N) is 2. The highest BCUT2D eigenvalue weighted by atomic mass is 35.5. The lowest BCUT2D eigenvalue weighted by atomic mass is 10.1. The summed E-state index contributed by atoms with van der Waals surface area (Å²) in [4.78, 5) is 40.5. The monoisotopic (exact) mass is 458 g/mol. The normalized spacial score (nSPS) is 14.1. The van der Waals surface area contributed by atoms with Crippen molar-refractivity contribution < 1.29 is 19.5 Å². The summed E-state index contributed by atoms with van der Waals surface area (Å²) in [6, 6.07) is 11.5. The molecule has 3 N–H and O–H groups in total. The molecule has 9 heteroatoms. The molecule has 1 aliphatic heterocycles. The zero-order chi connectivity index (χ0) is 23.1. The van der Waals surface area contributed by atoms with Gasteiger partial charge in [-0.15, -0.1) is 0 Å². The van der Waals surface area contributed by atoms with Gasteiger partial charge in [0.2, 0.25) is 5.91 Å². The number of carboxylic acids is 1. The van der Waals surface area contributed by atoms with Crippen LogP contribution in [0.4, 0.5) is 11.4 Å². The molecule has 0 aliphatic carbocycles. The number of carboxylic acid groups (broad SMARTS) is 1. The number of piperazine rings is 1. The first kappa shape index (κ1) is 23.6. The van der Waals surface area contributed by atoms with Gasteiger partial charge in [-0.3, -0.25) is 14.5 Å². The topological polar surface area (TPSA) is 102 Å². The predicted octanol–water partition coefficient (Wildman–Crippen LogP) is 2.94. The van der Waals surface area contributed by atoms with Gasteiger partial charge in [0, 0.05) is 38.4 Å². The van der Waals surface area contributed by atoms with Crippen LogP contribution in [0.5, 0.6) is 0 Å². The Morgan fingerprint density at radius 3 is 2.41 bits per heavy atom.